The number of carbonyl (C=O) groups excluding carboxylic acids is 1. The van der Waals surface area contributed by atoms with Crippen LogP contribution in [0.4, 0.5) is 5.69 Å². The lowest BCUT2D eigenvalue weighted by Gasteiger charge is -2.18. The third-order valence-corrected chi connectivity index (χ3v) is 4.30. The molecule has 1 unspecified atom stereocenters. The topological polar surface area (TPSA) is 83.1 Å². The van der Waals surface area contributed by atoms with Crippen molar-refractivity contribution in [1.82, 2.24) is 4.40 Å². The summed E-state index contributed by atoms with van der Waals surface area (Å²) in [7, 11) is 0. The molecule has 7 heteroatoms. The number of rotatable bonds is 6. The van der Waals surface area contributed by atoms with Gasteiger partial charge in [-0.2, -0.15) is 0 Å². The molecule has 1 atom stereocenters. The van der Waals surface area contributed by atoms with Crippen LogP contribution < -0.4 is 4.74 Å². The van der Waals surface area contributed by atoms with Crippen LogP contribution in [0.1, 0.15) is 41.6 Å². The normalized spacial score (nSPS) is 12.0. The monoisotopic (exact) mass is 368 g/mol. The van der Waals surface area contributed by atoms with Crippen LogP contribution in [0.2, 0.25) is 0 Å². The van der Waals surface area contributed by atoms with E-state index in [4.69, 9.17) is 9.47 Å². The van der Waals surface area contributed by atoms with Crippen molar-refractivity contribution in [2.75, 3.05) is 6.61 Å². The lowest BCUT2D eigenvalue weighted by molar-refractivity contribution is -0.384. The maximum Gasteiger partial charge on any atom is 0.338 e. The molecule has 1 aromatic carbocycles. The number of esters is 1. The van der Waals surface area contributed by atoms with E-state index in [9.17, 15) is 14.9 Å². The van der Waals surface area contributed by atoms with Gasteiger partial charge in [0.2, 0.25) is 0 Å². The molecular weight excluding hydrogens is 348 g/mol. The number of nitro groups is 1. The first-order valence-electron chi connectivity index (χ1n) is 8.60. The first-order chi connectivity index (χ1) is 12.9. The molecule has 0 bridgehead atoms. The Balaban J connectivity index is 1.96. The zero-order chi connectivity index (χ0) is 19.6. The molecule has 7 nitrogen and oxygen atoms in total. The van der Waals surface area contributed by atoms with E-state index in [0.29, 0.717) is 17.9 Å². The maximum atomic E-state index is 12.2. The average molecular weight is 368 g/mol. The molecule has 0 N–H and O–H groups in total. The second-order valence-electron chi connectivity index (χ2n) is 6.15. The molecule has 2 heterocycles. The number of aryl methyl sites for hydroxylation is 1. The second-order valence-corrected chi connectivity index (χ2v) is 6.15. The predicted octanol–water partition coefficient (Wildman–Crippen LogP) is 4.47. The van der Waals surface area contributed by atoms with Crippen LogP contribution >= 0.6 is 0 Å². The Kier molecular flexibility index (Phi) is 5.12. The Bertz CT molecular complexity index is 992. The zero-order valence-electron chi connectivity index (χ0n) is 15.3. The lowest BCUT2D eigenvalue weighted by atomic mass is 10.1. The fourth-order valence-corrected chi connectivity index (χ4v) is 2.92. The van der Waals surface area contributed by atoms with Gasteiger partial charge in [-0.25, -0.2) is 4.79 Å². The molecule has 0 radical (unpaired) electrons. The first kappa shape index (κ1) is 18.4. The minimum atomic E-state index is -0.456. The highest BCUT2D eigenvalue weighted by Crippen LogP contribution is 2.27. The SMILES string of the molecule is CCOC(=O)c1cc(C(C)Oc2ccc([N+](=O)[O-])cc2)n2ccc(C)c2c1. The predicted molar refractivity (Wildman–Crippen MR) is 100 cm³/mol. The van der Waals surface area contributed by atoms with Gasteiger partial charge >= 0.3 is 5.97 Å². The fourth-order valence-electron chi connectivity index (χ4n) is 2.92. The van der Waals surface area contributed by atoms with Gasteiger partial charge in [-0.1, -0.05) is 0 Å². The van der Waals surface area contributed by atoms with Gasteiger partial charge < -0.3 is 13.9 Å². The van der Waals surface area contributed by atoms with E-state index in [0.717, 1.165) is 16.8 Å². The lowest BCUT2D eigenvalue weighted by Crippen LogP contribution is -2.12. The molecule has 140 valence electrons. The van der Waals surface area contributed by atoms with Crippen molar-refractivity contribution in [2.45, 2.75) is 26.9 Å². The van der Waals surface area contributed by atoms with E-state index in [1.54, 1.807) is 31.2 Å². The van der Waals surface area contributed by atoms with Crippen LogP contribution in [0.15, 0.2) is 48.7 Å². The number of ether oxygens (including phenoxy) is 2. The molecule has 2 aromatic heterocycles. The van der Waals surface area contributed by atoms with Gasteiger partial charge in [0.05, 0.1) is 22.8 Å². The summed E-state index contributed by atoms with van der Waals surface area (Å²) in [5.41, 5.74) is 3.17. The molecule has 0 amide bonds. The van der Waals surface area contributed by atoms with E-state index in [-0.39, 0.29) is 11.7 Å². The molecule has 0 aliphatic rings. The van der Waals surface area contributed by atoms with Crippen molar-refractivity contribution >= 4 is 17.2 Å². The molecule has 0 aliphatic carbocycles. The smallest absolute Gasteiger partial charge is 0.338 e. The molecule has 0 saturated carbocycles. The van der Waals surface area contributed by atoms with Gasteiger partial charge in [-0.15, -0.1) is 0 Å². The molecule has 0 aliphatic heterocycles. The highest BCUT2D eigenvalue weighted by atomic mass is 16.6. The number of non-ortho nitro benzene ring substituents is 1. The van der Waals surface area contributed by atoms with Crippen LogP contribution in [0.5, 0.6) is 5.75 Å². The van der Waals surface area contributed by atoms with E-state index < -0.39 is 11.0 Å². The molecular formula is C20H20N2O5. The number of hydrogen-bond acceptors (Lipinski definition) is 5. The quantitative estimate of drug-likeness (QED) is 0.364. The van der Waals surface area contributed by atoms with Gasteiger partial charge in [0, 0.05) is 23.8 Å². The number of nitro benzene ring substituents is 1. The van der Waals surface area contributed by atoms with Crippen LogP contribution in [-0.2, 0) is 4.74 Å². The van der Waals surface area contributed by atoms with Crippen molar-refractivity contribution in [3.8, 4) is 5.75 Å². The van der Waals surface area contributed by atoms with E-state index in [1.165, 1.54) is 12.1 Å². The number of benzene rings is 1. The van der Waals surface area contributed by atoms with Crippen molar-refractivity contribution in [3.63, 3.8) is 0 Å². The minimum Gasteiger partial charge on any atom is -0.484 e. The first-order valence-corrected chi connectivity index (χ1v) is 8.60. The number of aromatic nitrogens is 1. The van der Waals surface area contributed by atoms with Gasteiger partial charge in [0.1, 0.15) is 11.9 Å². The standard InChI is InChI=1S/C20H20N2O5/c1-4-26-20(23)15-11-18-13(2)9-10-21(18)19(12-15)14(3)27-17-7-5-16(6-8-17)22(24)25/h5-12,14H,4H2,1-3H3. The largest absolute Gasteiger partial charge is 0.484 e. The Morgan fingerprint density at radius 3 is 2.56 bits per heavy atom. The van der Waals surface area contributed by atoms with E-state index >= 15 is 0 Å². The maximum absolute atomic E-state index is 12.2. The Hall–Kier alpha value is -3.35. The molecule has 0 fully saturated rings. The number of hydrogen-bond donors (Lipinski definition) is 0. The van der Waals surface area contributed by atoms with Gasteiger partial charge in [0.15, 0.2) is 0 Å². The summed E-state index contributed by atoms with van der Waals surface area (Å²) in [6.45, 7) is 5.89. The van der Waals surface area contributed by atoms with Gasteiger partial charge in [-0.3, -0.25) is 10.1 Å². The highest BCUT2D eigenvalue weighted by molar-refractivity contribution is 5.91. The van der Waals surface area contributed by atoms with Crippen LogP contribution in [0, 0.1) is 17.0 Å². The minimum absolute atomic E-state index is 0.00253. The Morgan fingerprint density at radius 2 is 1.93 bits per heavy atom. The molecule has 27 heavy (non-hydrogen) atoms. The van der Waals surface area contributed by atoms with Gasteiger partial charge in [-0.05, 0) is 56.7 Å². The summed E-state index contributed by atoms with van der Waals surface area (Å²) in [5, 5.41) is 10.8. The number of nitrogens with zero attached hydrogens (tertiary/aromatic N) is 2. The summed E-state index contributed by atoms with van der Waals surface area (Å²) in [4.78, 5) is 22.5. The second kappa shape index (κ2) is 7.49. The number of pyridine rings is 1. The van der Waals surface area contributed by atoms with Crippen molar-refractivity contribution in [3.05, 3.63) is 75.6 Å². The van der Waals surface area contributed by atoms with Crippen LogP contribution in [0.3, 0.4) is 0 Å². The average Bonchev–Trinajstić information content (AvgIpc) is 3.02. The Morgan fingerprint density at radius 1 is 1.22 bits per heavy atom. The van der Waals surface area contributed by atoms with Gasteiger partial charge in [0.25, 0.3) is 5.69 Å². The molecule has 0 spiro atoms. The van der Waals surface area contributed by atoms with Crippen molar-refractivity contribution in [2.24, 2.45) is 0 Å². The summed E-state index contributed by atoms with van der Waals surface area (Å²) in [6.07, 6.45) is 1.53. The third-order valence-electron chi connectivity index (χ3n) is 4.30. The van der Waals surface area contributed by atoms with Crippen molar-refractivity contribution < 1.29 is 19.2 Å². The molecule has 0 saturated heterocycles. The van der Waals surface area contributed by atoms with Crippen LogP contribution in [0.25, 0.3) is 5.52 Å². The number of carbonyl (C=O) groups is 1. The highest BCUT2D eigenvalue weighted by Gasteiger charge is 2.18. The third kappa shape index (κ3) is 3.76. The summed E-state index contributed by atoms with van der Waals surface area (Å²) < 4.78 is 13.0. The summed E-state index contributed by atoms with van der Waals surface area (Å²) in [5.74, 6) is 0.121. The molecule has 3 aromatic rings. The van der Waals surface area contributed by atoms with Crippen molar-refractivity contribution in [1.29, 1.82) is 0 Å². The van der Waals surface area contributed by atoms with E-state index in [1.807, 2.05) is 30.5 Å². The Labute approximate surface area is 156 Å². The number of fused-ring (bicyclic) bond motifs is 1. The van der Waals surface area contributed by atoms with E-state index in [2.05, 4.69) is 0 Å². The summed E-state index contributed by atoms with van der Waals surface area (Å²) in [6, 6.07) is 11.4. The zero-order valence-corrected chi connectivity index (χ0v) is 15.3. The van der Waals surface area contributed by atoms with Crippen LogP contribution in [-0.4, -0.2) is 21.9 Å². The summed E-state index contributed by atoms with van der Waals surface area (Å²) >= 11 is 0. The molecule has 3 rings (SSSR count). The fraction of sp³-hybridized carbons (Fsp3) is 0.250.